The van der Waals surface area contributed by atoms with Crippen LogP contribution in [-0.4, -0.2) is 29.6 Å². The molecule has 6 nitrogen and oxygen atoms in total. The fourth-order valence-corrected chi connectivity index (χ4v) is 4.96. The Bertz CT molecular complexity index is 1050. The number of hydrogen-bond acceptors (Lipinski definition) is 5. The first-order chi connectivity index (χ1) is 15.6. The lowest BCUT2D eigenvalue weighted by Gasteiger charge is -2.23. The molecule has 1 fully saturated rings. The number of furan rings is 1. The monoisotopic (exact) mass is 450 g/mol. The van der Waals surface area contributed by atoms with E-state index in [1.54, 1.807) is 25.1 Å². The molecule has 1 N–H and O–H groups in total. The van der Waals surface area contributed by atoms with E-state index in [-0.39, 0.29) is 23.2 Å². The Labute approximate surface area is 191 Å². The normalized spacial score (nSPS) is 16.8. The SMILES string of the molecule is CC[C@H](NC(=O)c1ccc([C@@H]2SCC(=O)N2Cc2ccco2)cc1)c1ccc(OC)cc1. The summed E-state index contributed by atoms with van der Waals surface area (Å²) in [6.07, 6.45) is 2.39. The highest BCUT2D eigenvalue weighted by Gasteiger charge is 2.33. The topological polar surface area (TPSA) is 71.8 Å². The second-order valence-electron chi connectivity index (χ2n) is 7.59. The molecule has 166 valence electrons. The zero-order valence-corrected chi connectivity index (χ0v) is 18.9. The molecular weight excluding hydrogens is 424 g/mol. The molecule has 0 saturated carbocycles. The number of hydrogen-bond donors (Lipinski definition) is 1. The van der Waals surface area contributed by atoms with E-state index in [2.05, 4.69) is 5.32 Å². The molecule has 2 heterocycles. The number of nitrogens with one attached hydrogen (secondary N) is 1. The maximum Gasteiger partial charge on any atom is 0.251 e. The van der Waals surface area contributed by atoms with Crippen LogP contribution in [0.5, 0.6) is 5.75 Å². The average Bonchev–Trinajstić information content (AvgIpc) is 3.48. The van der Waals surface area contributed by atoms with Crippen LogP contribution in [0.1, 0.15) is 52.0 Å². The molecule has 32 heavy (non-hydrogen) atoms. The summed E-state index contributed by atoms with van der Waals surface area (Å²) in [6.45, 7) is 2.48. The van der Waals surface area contributed by atoms with Crippen molar-refractivity contribution in [1.82, 2.24) is 10.2 Å². The van der Waals surface area contributed by atoms with E-state index in [4.69, 9.17) is 9.15 Å². The van der Waals surface area contributed by atoms with Gasteiger partial charge in [0.1, 0.15) is 16.9 Å². The van der Waals surface area contributed by atoms with Gasteiger partial charge in [-0.05, 0) is 53.9 Å². The van der Waals surface area contributed by atoms with Crippen LogP contribution in [0.4, 0.5) is 0 Å². The maximum atomic E-state index is 12.9. The zero-order chi connectivity index (χ0) is 22.5. The van der Waals surface area contributed by atoms with Crippen molar-refractivity contribution in [2.45, 2.75) is 31.3 Å². The summed E-state index contributed by atoms with van der Waals surface area (Å²) in [5, 5.41) is 3.02. The third-order valence-corrected chi connectivity index (χ3v) is 6.82. The number of carbonyl (C=O) groups excluding carboxylic acids is 2. The summed E-state index contributed by atoms with van der Waals surface area (Å²) in [4.78, 5) is 27.0. The van der Waals surface area contributed by atoms with Crippen molar-refractivity contribution in [3.63, 3.8) is 0 Å². The van der Waals surface area contributed by atoms with Gasteiger partial charge in [0.25, 0.3) is 5.91 Å². The Morgan fingerprint density at radius 1 is 1.19 bits per heavy atom. The summed E-state index contributed by atoms with van der Waals surface area (Å²) >= 11 is 1.59. The molecule has 0 unspecified atom stereocenters. The van der Waals surface area contributed by atoms with Crippen LogP contribution in [0.15, 0.2) is 71.3 Å². The van der Waals surface area contributed by atoms with E-state index in [0.29, 0.717) is 17.9 Å². The van der Waals surface area contributed by atoms with Gasteiger partial charge in [0.2, 0.25) is 5.91 Å². The number of amides is 2. The van der Waals surface area contributed by atoms with Crippen LogP contribution in [0.3, 0.4) is 0 Å². The number of rotatable bonds is 8. The molecule has 2 aromatic carbocycles. The van der Waals surface area contributed by atoms with Gasteiger partial charge in [-0.3, -0.25) is 9.59 Å². The molecule has 1 saturated heterocycles. The first-order valence-corrected chi connectivity index (χ1v) is 11.6. The van der Waals surface area contributed by atoms with Crippen molar-refractivity contribution in [1.29, 1.82) is 0 Å². The second-order valence-corrected chi connectivity index (χ2v) is 8.66. The quantitative estimate of drug-likeness (QED) is 0.526. The van der Waals surface area contributed by atoms with E-state index < -0.39 is 0 Å². The van der Waals surface area contributed by atoms with Gasteiger partial charge in [-0.1, -0.05) is 31.2 Å². The van der Waals surface area contributed by atoms with Gasteiger partial charge in [0.15, 0.2) is 0 Å². The van der Waals surface area contributed by atoms with Crippen molar-refractivity contribution in [3.05, 3.63) is 89.4 Å². The summed E-state index contributed by atoms with van der Waals surface area (Å²) in [7, 11) is 1.63. The molecule has 3 aromatic rings. The Balaban J connectivity index is 1.44. The van der Waals surface area contributed by atoms with Crippen molar-refractivity contribution >= 4 is 23.6 Å². The minimum atomic E-state index is -0.123. The Kier molecular flexibility index (Phi) is 6.85. The van der Waals surface area contributed by atoms with Crippen LogP contribution >= 0.6 is 11.8 Å². The lowest BCUT2D eigenvalue weighted by Crippen LogP contribution is -2.28. The minimum Gasteiger partial charge on any atom is -0.497 e. The summed E-state index contributed by atoms with van der Waals surface area (Å²) in [5.74, 6) is 1.94. The predicted molar refractivity (Wildman–Crippen MR) is 124 cm³/mol. The van der Waals surface area contributed by atoms with E-state index in [9.17, 15) is 9.59 Å². The van der Waals surface area contributed by atoms with Gasteiger partial charge in [-0.15, -0.1) is 11.8 Å². The summed E-state index contributed by atoms with van der Waals surface area (Å²) in [6, 6.07) is 18.8. The minimum absolute atomic E-state index is 0.0834. The highest BCUT2D eigenvalue weighted by atomic mass is 32.2. The van der Waals surface area contributed by atoms with Gasteiger partial charge in [-0.2, -0.15) is 0 Å². The third-order valence-electron chi connectivity index (χ3n) is 5.56. The molecule has 2 atom stereocenters. The van der Waals surface area contributed by atoms with E-state index in [1.165, 1.54) is 0 Å². The standard InChI is InChI=1S/C25H26N2O4S/c1-3-22(17-10-12-20(30-2)13-11-17)26-24(29)18-6-8-19(9-7-18)25-27(23(28)16-32-25)15-21-5-4-14-31-21/h4-14,22,25H,3,15-16H2,1-2H3,(H,26,29)/t22-,25-/m0/s1. The molecule has 1 aliphatic heterocycles. The molecule has 0 aliphatic carbocycles. The molecule has 7 heteroatoms. The smallest absolute Gasteiger partial charge is 0.251 e. The number of nitrogens with zero attached hydrogens (tertiary/aromatic N) is 1. The average molecular weight is 451 g/mol. The van der Waals surface area contributed by atoms with E-state index in [0.717, 1.165) is 29.1 Å². The van der Waals surface area contributed by atoms with E-state index in [1.807, 2.05) is 72.5 Å². The molecule has 4 rings (SSSR count). The Morgan fingerprint density at radius 2 is 1.94 bits per heavy atom. The third kappa shape index (κ3) is 4.83. The second kappa shape index (κ2) is 9.96. The van der Waals surface area contributed by atoms with Crippen molar-refractivity contribution in [2.24, 2.45) is 0 Å². The fourth-order valence-electron chi connectivity index (χ4n) is 3.77. The van der Waals surface area contributed by atoms with Gasteiger partial charge in [-0.25, -0.2) is 0 Å². The number of benzene rings is 2. The first-order valence-electron chi connectivity index (χ1n) is 10.6. The fraction of sp³-hybridized carbons (Fsp3) is 0.280. The van der Waals surface area contributed by atoms with Gasteiger partial charge < -0.3 is 19.4 Å². The zero-order valence-electron chi connectivity index (χ0n) is 18.1. The summed E-state index contributed by atoms with van der Waals surface area (Å²) in [5.41, 5.74) is 2.62. The Morgan fingerprint density at radius 3 is 2.56 bits per heavy atom. The predicted octanol–water partition coefficient (Wildman–Crippen LogP) is 4.94. The van der Waals surface area contributed by atoms with Crippen molar-refractivity contribution < 1.29 is 18.7 Å². The van der Waals surface area contributed by atoms with Gasteiger partial charge in [0, 0.05) is 5.56 Å². The largest absolute Gasteiger partial charge is 0.497 e. The van der Waals surface area contributed by atoms with Crippen molar-refractivity contribution in [3.8, 4) is 5.75 Å². The van der Waals surface area contributed by atoms with Crippen LogP contribution < -0.4 is 10.1 Å². The number of methoxy groups -OCH3 is 1. The number of carbonyl (C=O) groups is 2. The van der Waals surface area contributed by atoms with Crippen LogP contribution in [0, 0.1) is 0 Å². The maximum absolute atomic E-state index is 12.9. The van der Waals surface area contributed by atoms with Crippen molar-refractivity contribution in [2.75, 3.05) is 12.9 Å². The molecule has 0 spiro atoms. The highest BCUT2D eigenvalue weighted by Crippen LogP contribution is 2.39. The molecule has 1 aromatic heterocycles. The first kappa shape index (κ1) is 22.0. The van der Waals surface area contributed by atoms with Gasteiger partial charge >= 0.3 is 0 Å². The lowest BCUT2D eigenvalue weighted by atomic mass is 10.0. The summed E-state index contributed by atoms with van der Waals surface area (Å²) < 4.78 is 10.6. The van der Waals surface area contributed by atoms with Crippen LogP contribution in [0.2, 0.25) is 0 Å². The number of ether oxygens (including phenoxy) is 1. The molecule has 0 radical (unpaired) electrons. The molecule has 2 amide bonds. The van der Waals surface area contributed by atoms with Crippen LogP contribution in [-0.2, 0) is 11.3 Å². The Hall–Kier alpha value is -3.19. The van der Waals surface area contributed by atoms with Crippen LogP contribution in [0.25, 0.3) is 0 Å². The molecule has 0 bridgehead atoms. The number of thioether (sulfide) groups is 1. The molecular formula is C25H26N2O4S. The lowest BCUT2D eigenvalue weighted by molar-refractivity contribution is -0.128. The van der Waals surface area contributed by atoms with E-state index >= 15 is 0 Å². The molecule has 1 aliphatic rings. The highest BCUT2D eigenvalue weighted by molar-refractivity contribution is 8.00. The van der Waals surface area contributed by atoms with Gasteiger partial charge in [0.05, 0.1) is 31.7 Å².